The SMILES string of the molecule is Cn1cc(-c2cccs2)nc1CCNC(=O)/C=C/c1ccco1. The van der Waals surface area contributed by atoms with E-state index in [-0.39, 0.29) is 5.91 Å². The van der Waals surface area contributed by atoms with E-state index in [2.05, 4.69) is 16.4 Å². The van der Waals surface area contributed by atoms with E-state index in [1.807, 2.05) is 29.3 Å². The van der Waals surface area contributed by atoms with Gasteiger partial charge in [-0.2, -0.15) is 0 Å². The molecule has 3 heterocycles. The van der Waals surface area contributed by atoms with Crippen LogP contribution in [-0.4, -0.2) is 22.0 Å². The lowest BCUT2D eigenvalue weighted by molar-refractivity contribution is -0.116. The summed E-state index contributed by atoms with van der Waals surface area (Å²) >= 11 is 1.67. The zero-order valence-electron chi connectivity index (χ0n) is 12.7. The zero-order chi connectivity index (χ0) is 16.1. The van der Waals surface area contributed by atoms with Crippen LogP contribution in [0.2, 0.25) is 0 Å². The molecule has 3 aromatic rings. The fraction of sp³-hybridized carbons (Fsp3) is 0.176. The van der Waals surface area contributed by atoms with Gasteiger partial charge in [0.1, 0.15) is 11.6 Å². The van der Waals surface area contributed by atoms with Gasteiger partial charge < -0.3 is 14.3 Å². The summed E-state index contributed by atoms with van der Waals surface area (Å²) in [6.07, 6.45) is 7.38. The Balaban J connectivity index is 1.52. The third kappa shape index (κ3) is 3.98. The maximum absolute atomic E-state index is 11.7. The average Bonchev–Trinajstić information content (AvgIpc) is 3.28. The van der Waals surface area contributed by atoms with Crippen molar-refractivity contribution < 1.29 is 9.21 Å². The minimum atomic E-state index is -0.144. The number of hydrogen-bond donors (Lipinski definition) is 1. The van der Waals surface area contributed by atoms with Crippen molar-refractivity contribution in [2.75, 3.05) is 6.54 Å². The molecular formula is C17H17N3O2S. The summed E-state index contributed by atoms with van der Waals surface area (Å²) < 4.78 is 7.13. The molecule has 5 nitrogen and oxygen atoms in total. The maximum atomic E-state index is 11.7. The van der Waals surface area contributed by atoms with Gasteiger partial charge in [-0.3, -0.25) is 4.79 Å². The van der Waals surface area contributed by atoms with Crippen molar-refractivity contribution in [1.82, 2.24) is 14.9 Å². The van der Waals surface area contributed by atoms with Gasteiger partial charge in [0, 0.05) is 32.3 Å². The number of carbonyl (C=O) groups is 1. The molecule has 0 bridgehead atoms. The summed E-state index contributed by atoms with van der Waals surface area (Å²) in [5.41, 5.74) is 0.974. The Morgan fingerprint density at radius 1 is 1.43 bits per heavy atom. The van der Waals surface area contributed by atoms with Gasteiger partial charge in [-0.15, -0.1) is 11.3 Å². The summed E-state index contributed by atoms with van der Waals surface area (Å²) in [6, 6.07) is 7.64. The van der Waals surface area contributed by atoms with Crippen molar-refractivity contribution >= 4 is 23.3 Å². The first kappa shape index (κ1) is 15.3. The second-order valence-electron chi connectivity index (χ2n) is 5.02. The lowest BCUT2D eigenvalue weighted by Crippen LogP contribution is -2.24. The fourth-order valence-electron chi connectivity index (χ4n) is 2.18. The molecule has 0 aromatic carbocycles. The van der Waals surface area contributed by atoms with Crippen LogP contribution >= 0.6 is 11.3 Å². The Labute approximate surface area is 138 Å². The zero-order valence-corrected chi connectivity index (χ0v) is 13.5. The highest BCUT2D eigenvalue weighted by Gasteiger charge is 2.08. The molecule has 3 rings (SSSR count). The van der Waals surface area contributed by atoms with E-state index in [1.54, 1.807) is 35.8 Å². The monoisotopic (exact) mass is 327 g/mol. The molecule has 1 N–H and O–H groups in total. The van der Waals surface area contributed by atoms with Gasteiger partial charge in [-0.25, -0.2) is 4.98 Å². The number of nitrogens with one attached hydrogen (secondary N) is 1. The Hall–Kier alpha value is -2.60. The number of nitrogens with zero attached hydrogens (tertiary/aromatic N) is 2. The number of aromatic nitrogens is 2. The van der Waals surface area contributed by atoms with Gasteiger partial charge in [0.2, 0.25) is 5.91 Å². The number of rotatable bonds is 6. The van der Waals surface area contributed by atoms with Crippen molar-refractivity contribution in [3.05, 3.63) is 59.8 Å². The maximum Gasteiger partial charge on any atom is 0.244 e. The van der Waals surface area contributed by atoms with Gasteiger partial charge in [0.15, 0.2) is 0 Å². The fourth-order valence-corrected chi connectivity index (χ4v) is 2.86. The molecule has 0 aliphatic heterocycles. The van der Waals surface area contributed by atoms with E-state index in [9.17, 15) is 4.79 Å². The second-order valence-corrected chi connectivity index (χ2v) is 5.97. The molecule has 1 amide bonds. The van der Waals surface area contributed by atoms with Crippen LogP contribution in [0, 0.1) is 0 Å². The van der Waals surface area contributed by atoms with E-state index in [0.717, 1.165) is 16.4 Å². The number of furan rings is 1. The highest BCUT2D eigenvalue weighted by Crippen LogP contribution is 2.23. The first-order valence-electron chi connectivity index (χ1n) is 7.28. The number of carbonyl (C=O) groups excluding carboxylic acids is 1. The highest BCUT2D eigenvalue weighted by atomic mass is 32.1. The van der Waals surface area contributed by atoms with Crippen molar-refractivity contribution in [3.63, 3.8) is 0 Å². The molecule has 23 heavy (non-hydrogen) atoms. The minimum absolute atomic E-state index is 0.144. The van der Waals surface area contributed by atoms with Crippen LogP contribution in [0.5, 0.6) is 0 Å². The average molecular weight is 327 g/mol. The van der Waals surface area contributed by atoms with E-state index < -0.39 is 0 Å². The quantitative estimate of drug-likeness (QED) is 0.708. The van der Waals surface area contributed by atoms with E-state index in [1.165, 1.54) is 6.08 Å². The summed E-state index contributed by atoms with van der Waals surface area (Å²) in [5, 5.41) is 4.88. The Morgan fingerprint density at radius 3 is 3.09 bits per heavy atom. The van der Waals surface area contributed by atoms with Crippen molar-refractivity contribution in [3.8, 4) is 10.6 Å². The molecule has 0 aliphatic rings. The number of amides is 1. The van der Waals surface area contributed by atoms with Crippen LogP contribution in [0.4, 0.5) is 0 Å². The van der Waals surface area contributed by atoms with Crippen LogP contribution in [0.25, 0.3) is 16.6 Å². The molecule has 0 saturated heterocycles. The van der Waals surface area contributed by atoms with Crippen LogP contribution in [0.1, 0.15) is 11.6 Å². The van der Waals surface area contributed by atoms with E-state index in [4.69, 9.17) is 4.42 Å². The lowest BCUT2D eigenvalue weighted by Gasteiger charge is -2.02. The number of thiophene rings is 1. The largest absolute Gasteiger partial charge is 0.465 e. The van der Waals surface area contributed by atoms with Crippen molar-refractivity contribution in [2.45, 2.75) is 6.42 Å². The third-order valence-corrected chi connectivity index (χ3v) is 4.23. The van der Waals surface area contributed by atoms with Crippen LogP contribution in [0.3, 0.4) is 0 Å². The topological polar surface area (TPSA) is 60.1 Å². The van der Waals surface area contributed by atoms with Crippen molar-refractivity contribution in [1.29, 1.82) is 0 Å². The second kappa shape index (κ2) is 7.11. The predicted molar refractivity (Wildman–Crippen MR) is 91.0 cm³/mol. The number of aryl methyl sites for hydroxylation is 1. The third-order valence-electron chi connectivity index (χ3n) is 3.34. The summed E-state index contributed by atoms with van der Waals surface area (Å²) in [4.78, 5) is 17.5. The smallest absolute Gasteiger partial charge is 0.244 e. The molecule has 118 valence electrons. The molecule has 0 atom stereocenters. The molecule has 0 saturated carbocycles. The standard InChI is InChI=1S/C17H17N3O2S/c1-20-12-14(15-5-3-11-23-15)19-16(20)8-9-18-17(21)7-6-13-4-2-10-22-13/h2-7,10-12H,8-9H2,1H3,(H,18,21)/b7-6+. The van der Waals surface area contributed by atoms with Crippen LogP contribution < -0.4 is 5.32 Å². The Morgan fingerprint density at radius 2 is 2.35 bits per heavy atom. The first-order chi connectivity index (χ1) is 11.2. The molecule has 6 heteroatoms. The normalized spacial score (nSPS) is 11.2. The molecule has 0 aliphatic carbocycles. The summed E-state index contributed by atoms with van der Waals surface area (Å²) in [7, 11) is 1.97. The van der Waals surface area contributed by atoms with Gasteiger partial charge in [-0.1, -0.05) is 6.07 Å². The highest BCUT2D eigenvalue weighted by molar-refractivity contribution is 7.13. The molecule has 0 radical (unpaired) electrons. The van der Waals surface area contributed by atoms with Gasteiger partial charge >= 0.3 is 0 Å². The molecule has 0 fully saturated rings. The molecular weight excluding hydrogens is 310 g/mol. The van der Waals surface area contributed by atoms with Gasteiger partial charge in [0.05, 0.1) is 16.8 Å². The van der Waals surface area contributed by atoms with Crippen LogP contribution in [-0.2, 0) is 18.3 Å². The summed E-state index contributed by atoms with van der Waals surface area (Å²) in [6.45, 7) is 0.538. The minimum Gasteiger partial charge on any atom is -0.465 e. The van der Waals surface area contributed by atoms with E-state index >= 15 is 0 Å². The Bertz CT molecular complexity index is 786. The lowest BCUT2D eigenvalue weighted by atomic mass is 10.3. The van der Waals surface area contributed by atoms with Gasteiger partial charge in [-0.05, 0) is 29.7 Å². The Kier molecular flexibility index (Phi) is 4.73. The predicted octanol–water partition coefficient (Wildman–Crippen LogP) is 3.11. The van der Waals surface area contributed by atoms with Gasteiger partial charge in [0.25, 0.3) is 0 Å². The molecule has 0 spiro atoms. The molecule has 0 unspecified atom stereocenters. The van der Waals surface area contributed by atoms with Crippen LogP contribution in [0.15, 0.2) is 52.6 Å². The molecule has 3 aromatic heterocycles. The van der Waals surface area contributed by atoms with Crippen molar-refractivity contribution in [2.24, 2.45) is 7.05 Å². The number of hydrogen-bond acceptors (Lipinski definition) is 4. The summed E-state index contributed by atoms with van der Waals surface area (Å²) in [5.74, 6) is 1.46. The number of imidazole rings is 1. The first-order valence-corrected chi connectivity index (χ1v) is 8.16. The van der Waals surface area contributed by atoms with E-state index in [0.29, 0.717) is 18.7 Å².